The molecule has 3 atom stereocenters. The first-order chi connectivity index (χ1) is 9.76. The monoisotopic (exact) mass is 306 g/mol. The second-order valence-electron chi connectivity index (χ2n) is 7.32. The average Bonchev–Trinajstić information content (AvgIpc) is 2.33. The molecule has 2 rings (SSSR count). The molecule has 0 aromatic carbocycles. The lowest BCUT2D eigenvalue weighted by Gasteiger charge is -2.46. The van der Waals surface area contributed by atoms with E-state index in [0.717, 1.165) is 25.4 Å². The molecular formula is C16H29F3N2. The molecule has 0 aromatic heterocycles. The first kappa shape index (κ1) is 17.1. The number of rotatable bonds is 5. The van der Waals surface area contributed by atoms with Gasteiger partial charge in [-0.15, -0.1) is 0 Å². The number of alkyl halides is 3. The predicted octanol–water partition coefficient (Wildman–Crippen LogP) is 3.67. The number of nitrogens with one attached hydrogen (secondary N) is 1. The minimum absolute atomic E-state index is 0.0321. The standard InChI is InChI=1S/C16H29F3N2/c1-11(2)14-7-15(20-10-16(17,18)19)9-21(8-14)12(3)13-5-4-6-13/h11-15,20H,4-10H2,1-3H3. The molecule has 0 radical (unpaired) electrons. The molecule has 1 N–H and O–H groups in total. The quantitative estimate of drug-likeness (QED) is 0.833. The second-order valence-corrected chi connectivity index (χ2v) is 7.32. The van der Waals surface area contributed by atoms with Crippen molar-refractivity contribution in [2.75, 3.05) is 19.6 Å². The Morgan fingerprint density at radius 3 is 2.24 bits per heavy atom. The van der Waals surface area contributed by atoms with Crippen molar-refractivity contribution in [3.05, 3.63) is 0 Å². The summed E-state index contributed by atoms with van der Waals surface area (Å²) in [6, 6.07) is 0.478. The summed E-state index contributed by atoms with van der Waals surface area (Å²) in [7, 11) is 0. The Bertz CT molecular complexity index is 326. The molecule has 0 aromatic rings. The Balaban J connectivity index is 1.94. The van der Waals surface area contributed by atoms with Crippen molar-refractivity contribution in [3.63, 3.8) is 0 Å². The van der Waals surface area contributed by atoms with Gasteiger partial charge in [0.1, 0.15) is 0 Å². The lowest BCUT2D eigenvalue weighted by atomic mass is 9.77. The van der Waals surface area contributed by atoms with E-state index in [1.54, 1.807) is 0 Å². The molecule has 5 heteroatoms. The van der Waals surface area contributed by atoms with Gasteiger partial charge >= 0.3 is 6.18 Å². The molecule has 1 heterocycles. The summed E-state index contributed by atoms with van der Waals surface area (Å²) < 4.78 is 37.3. The van der Waals surface area contributed by atoms with Gasteiger partial charge in [-0.1, -0.05) is 20.3 Å². The highest BCUT2D eigenvalue weighted by Crippen LogP contribution is 2.35. The highest BCUT2D eigenvalue weighted by molar-refractivity contribution is 4.90. The summed E-state index contributed by atoms with van der Waals surface area (Å²) in [4.78, 5) is 2.44. The maximum absolute atomic E-state index is 12.4. The van der Waals surface area contributed by atoms with Crippen LogP contribution in [0.4, 0.5) is 13.2 Å². The van der Waals surface area contributed by atoms with Crippen LogP contribution in [0.5, 0.6) is 0 Å². The smallest absolute Gasteiger partial charge is 0.305 e. The SMILES string of the molecule is CC(C)C1CC(NCC(F)(F)F)CN(C(C)C2CCC2)C1. The molecule has 1 aliphatic carbocycles. The van der Waals surface area contributed by atoms with Crippen LogP contribution >= 0.6 is 0 Å². The van der Waals surface area contributed by atoms with Crippen LogP contribution in [0, 0.1) is 17.8 Å². The van der Waals surface area contributed by atoms with Gasteiger partial charge in [-0.25, -0.2) is 0 Å². The third-order valence-corrected chi connectivity index (χ3v) is 5.45. The van der Waals surface area contributed by atoms with E-state index in [1.165, 1.54) is 19.3 Å². The number of piperidine rings is 1. The zero-order chi connectivity index (χ0) is 15.6. The minimum atomic E-state index is -4.12. The van der Waals surface area contributed by atoms with Crippen LogP contribution in [0.25, 0.3) is 0 Å². The summed E-state index contributed by atoms with van der Waals surface area (Å²) >= 11 is 0. The van der Waals surface area contributed by atoms with Crippen molar-refractivity contribution in [2.24, 2.45) is 17.8 Å². The molecule has 0 spiro atoms. The average molecular weight is 306 g/mol. The molecule has 124 valence electrons. The third kappa shape index (κ3) is 4.85. The van der Waals surface area contributed by atoms with Gasteiger partial charge in [0.25, 0.3) is 0 Å². The Morgan fingerprint density at radius 1 is 1.10 bits per heavy atom. The molecule has 2 nitrogen and oxygen atoms in total. The van der Waals surface area contributed by atoms with Gasteiger partial charge in [-0.2, -0.15) is 13.2 Å². The van der Waals surface area contributed by atoms with Crippen LogP contribution in [0.3, 0.4) is 0 Å². The number of halogens is 3. The summed E-state index contributed by atoms with van der Waals surface area (Å²) in [6.07, 6.45) is 0.623. The summed E-state index contributed by atoms with van der Waals surface area (Å²) in [5.41, 5.74) is 0. The molecule has 1 aliphatic heterocycles. The maximum Gasteiger partial charge on any atom is 0.401 e. The van der Waals surface area contributed by atoms with Crippen LogP contribution in [-0.2, 0) is 0 Å². The van der Waals surface area contributed by atoms with Gasteiger partial charge in [0.2, 0.25) is 0 Å². The van der Waals surface area contributed by atoms with Crippen molar-refractivity contribution in [2.45, 2.75) is 64.7 Å². The van der Waals surface area contributed by atoms with Gasteiger partial charge in [0.05, 0.1) is 6.54 Å². The van der Waals surface area contributed by atoms with E-state index in [2.05, 4.69) is 31.0 Å². The normalized spacial score (nSPS) is 30.4. The Kier molecular flexibility index (Phi) is 5.58. The van der Waals surface area contributed by atoms with E-state index in [1.807, 2.05) is 0 Å². The molecule has 3 unspecified atom stereocenters. The first-order valence-electron chi connectivity index (χ1n) is 8.30. The summed E-state index contributed by atoms with van der Waals surface area (Å²) in [6.45, 7) is 7.56. The zero-order valence-electron chi connectivity index (χ0n) is 13.4. The lowest BCUT2D eigenvalue weighted by Crippen LogP contribution is -2.56. The van der Waals surface area contributed by atoms with Crippen LogP contribution < -0.4 is 5.32 Å². The van der Waals surface area contributed by atoms with Gasteiger partial charge in [-0.05, 0) is 43.9 Å². The van der Waals surface area contributed by atoms with E-state index in [4.69, 9.17) is 0 Å². The fourth-order valence-electron chi connectivity index (χ4n) is 3.62. The van der Waals surface area contributed by atoms with Crippen LogP contribution in [0.15, 0.2) is 0 Å². The van der Waals surface area contributed by atoms with E-state index in [9.17, 15) is 13.2 Å². The Morgan fingerprint density at radius 2 is 1.76 bits per heavy atom. The molecule has 2 fully saturated rings. The lowest BCUT2D eigenvalue weighted by molar-refractivity contribution is -0.127. The molecule has 1 saturated carbocycles. The van der Waals surface area contributed by atoms with E-state index < -0.39 is 12.7 Å². The molecule has 0 bridgehead atoms. The van der Waals surface area contributed by atoms with Gasteiger partial charge < -0.3 is 5.32 Å². The Labute approximate surface area is 126 Å². The van der Waals surface area contributed by atoms with Crippen LogP contribution in [0.1, 0.15) is 46.5 Å². The fraction of sp³-hybridized carbons (Fsp3) is 1.00. The largest absolute Gasteiger partial charge is 0.401 e. The molecule has 0 amide bonds. The topological polar surface area (TPSA) is 15.3 Å². The molecule has 21 heavy (non-hydrogen) atoms. The third-order valence-electron chi connectivity index (χ3n) is 5.45. The summed E-state index contributed by atoms with van der Waals surface area (Å²) in [5.74, 6) is 1.77. The van der Waals surface area contributed by atoms with E-state index >= 15 is 0 Å². The van der Waals surface area contributed by atoms with Crippen molar-refractivity contribution in [1.29, 1.82) is 0 Å². The van der Waals surface area contributed by atoms with Crippen LogP contribution in [0.2, 0.25) is 0 Å². The molecule has 2 aliphatic rings. The summed E-state index contributed by atoms with van der Waals surface area (Å²) in [5, 5.41) is 2.74. The first-order valence-corrected chi connectivity index (χ1v) is 8.30. The van der Waals surface area contributed by atoms with Crippen molar-refractivity contribution >= 4 is 0 Å². The Hall–Kier alpha value is -0.290. The predicted molar refractivity (Wildman–Crippen MR) is 79.2 cm³/mol. The second kappa shape index (κ2) is 6.86. The van der Waals surface area contributed by atoms with Gasteiger partial charge in [0.15, 0.2) is 0 Å². The van der Waals surface area contributed by atoms with E-state index in [0.29, 0.717) is 17.9 Å². The fourth-order valence-corrected chi connectivity index (χ4v) is 3.62. The van der Waals surface area contributed by atoms with E-state index in [-0.39, 0.29) is 6.04 Å². The number of nitrogens with zero attached hydrogens (tertiary/aromatic N) is 1. The van der Waals surface area contributed by atoms with Gasteiger partial charge in [-0.3, -0.25) is 4.90 Å². The molecular weight excluding hydrogens is 277 g/mol. The maximum atomic E-state index is 12.4. The van der Waals surface area contributed by atoms with Crippen molar-refractivity contribution in [3.8, 4) is 0 Å². The van der Waals surface area contributed by atoms with Gasteiger partial charge in [0, 0.05) is 25.2 Å². The van der Waals surface area contributed by atoms with Crippen molar-refractivity contribution < 1.29 is 13.2 Å². The number of likely N-dealkylation sites (tertiary alicyclic amines) is 1. The number of hydrogen-bond acceptors (Lipinski definition) is 2. The van der Waals surface area contributed by atoms with Crippen LogP contribution in [-0.4, -0.2) is 42.8 Å². The highest BCUT2D eigenvalue weighted by atomic mass is 19.4. The molecule has 1 saturated heterocycles. The zero-order valence-corrected chi connectivity index (χ0v) is 13.4. The minimum Gasteiger partial charge on any atom is -0.305 e. The number of hydrogen-bond donors (Lipinski definition) is 1. The highest BCUT2D eigenvalue weighted by Gasteiger charge is 2.36. The van der Waals surface area contributed by atoms with Crippen molar-refractivity contribution in [1.82, 2.24) is 10.2 Å².